The Balaban J connectivity index is 2.85. The predicted molar refractivity (Wildman–Crippen MR) is 58.2 cm³/mol. The third-order valence-electron chi connectivity index (χ3n) is 2.52. The minimum atomic E-state index is -1.01. The van der Waals surface area contributed by atoms with Gasteiger partial charge in [-0.05, 0) is 38.5 Å². The number of hydrogen-bond donors (Lipinski definition) is 1. The van der Waals surface area contributed by atoms with Crippen LogP contribution >= 0.6 is 0 Å². The smallest absolute Gasteiger partial charge is 0.251 e. The molecule has 0 aliphatic carbocycles. The van der Waals surface area contributed by atoms with Gasteiger partial charge in [0.15, 0.2) is 11.6 Å². The lowest BCUT2D eigenvalue weighted by Gasteiger charge is -2.24. The van der Waals surface area contributed by atoms with Gasteiger partial charge in [-0.25, -0.2) is 8.78 Å². The number of carbonyl (C=O) groups excluding carboxylic acids is 1. The maximum absolute atomic E-state index is 12.9. The molecule has 0 saturated carbocycles. The van der Waals surface area contributed by atoms with Gasteiger partial charge in [-0.2, -0.15) is 0 Å². The first-order chi connectivity index (χ1) is 7.35. The third-order valence-corrected chi connectivity index (χ3v) is 2.52. The normalized spacial score (nSPS) is 11.3. The van der Waals surface area contributed by atoms with Crippen LogP contribution in [0.25, 0.3) is 0 Å². The molecule has 1 aromatic carbocycles. The highest BCUT2D eigenvalue weighted by atomic mass is 19.2. The van der Waals surface area contributed by atoms with Crippen molar-refractivity contribution in [3.63, 3.8) is 0 Å². The first-order valence-electron chi connectivity index (χ1n) is 5.13. The Morgan fingerprint density at radius 2 is 1.94 bits per heavy atom. The fourth-order valence-electron chi connectivity index (χ4n) is 1.11. The van der Waals surface area contributed by atoms with Gasteiger partial charge in [0, 0.05) is 11.1 Å². The van der Waals surface area contributed by atoms with Crippen LogP contribution in [-0.4, -0.2) is 11.4 Å². The Kier molecular flexibility index (Phi) is 3.62. The summed E-state index contributed by atoms with van der Waals surface area (Å²) in [6.07, 6.45) is 0.752. The molecule has 1 amide bonds. The highest BCUT2D eigenvalue weighted by Crippen LogP contribution is 2.12. The second-order valence-corrected chi connectivity index (χ2v) is 4.32. The molecule has 4 heteroatoms. The third kappa shape index (κ3) is 3.02. The molecule has 0 radical (unpaired) electrons. The maximum atomic E-state index is 12.9. The standard InChI is InChI=1S/C12H15F2NO/c1-4-12(2,3)15-11(16)8-5-6-9(13)10(14)7-8/h5-7H,4H2,1-3H3,(H,15,16). The van der Waals surface area contributed by atoms with E-state index in [-0.39, 0.29) is 11.1 Å². The van der Waals surface area contributed by atoms with Crippen molar-refractivity contribution in [2.75, 3.05) is 0 Å². The van der Waals surface area contributed by atoms with E-state index in [1.165, 1.54) is 6.07 Å². The van der Waals surface area contributed by atoms with E-state index in [1.807, 2.05) is 20.8 Å². The number of rotatable bonds is 3. The largest absolute Gasteiger partial charge is 0.347 e. The van der Waals surface area contributed by atoms with E-state index in [1.54, 1.807) is 0 Å². The molecule has 0 aliphatic rings. The fraction of sp³-hybridized carbons (Fsp3) is 0.417. The van der Waals surface area contributed by atoms with Crippen LogP contribution in [0.3, 0.4) is 0 Å². The van der Waals surface area contributed by atoms with Crippen LogP contribution in [0.5, 0.6) is 0 Å². The van der Waals surface area contributed by atoms with Crippen molar-refractivity contribution in [3.8, 4) is 0 Å². The van der Waals surface area contributed by atoms with E-state index in [2.05, 4.69) is 5.32 Å². The summed E-state index contributed by atoms with van der Waals surface area (Å²) >= 11 is 0. The minimum absolute atomic E-state index is 0.125. The molecular formula is C12H15F2NO. The van der Waals surface area contributed by atoms with Crippen LogP contribution < -0.4 is 5.32 Å². The Labute approximate surface area is 93.7 Å². The van der Waals surface area contributed by atoms with Crippen molar-refractivity contribution in [2.24, 2.45) is 0 Å². The van der Waals surface area contributed by atoms with Crippen molar-refractivity contribution in [3.05, 3.63) is 35.4 Å². The first-order valence-corrected chi connectivity index (χ1v) is 5.13. The van der Waals surface area contributed by atoms with Gasteiger partial charge in [0.2, 0.25) is 0 Å². The Morgan fingerprint density at radius 3 is 2.44 bits per heavy atom. The summed E-state index contributed by atoms with van der Waals surface area (Å²) in [5.41, 5.74) is -0.234. The van der Waals surface area contributed by atoms with E-state index in [0.29, 0.717) is 0 Å². The molecule has 1 aromatic rings. The summed E-state index contributed by atoms with van der Waals surface area (Å²) < 4.78 is 25.6. The Bertz CT molecular complexity index is 402. The van der Waals surface area contributed by atoms with Gasteiger partial charge < -0.3 is 5.32 Å². The fourth-order valence-corrected chi connectivity index (χ4v) is 1.11. The van der Waals surface area contributed by atoms with E-state index in [4.69, 9.17) is 0 Å². The molecule has 0 aliphatic heterocycles. The van der Waals surface area contributed by atoms with Crippen molar-refractivity contribution < 1.29 is 13.6 Å². The van der Waals surface area contributed by atoms with Crippen LogP contribution in [0.15, 0.2) is 18.2 Å². The van der Waals surface area contributed by atoms with Crippen molar-refractivity contribution in [1.82, 2.24) is 5.32 Å². The molecule has 1 N–H and O–H groups in total. The zero-order valence-electron chi connectivity index (χ0n) is 9.60. The summed E-state index contributed by atoms with van der Waals surface area (Å²) in [6, 6.07) is 3.11. The second-order valence-electron chi connectivity index (χ2n) is 4.32. The molecule has 0 saturated heterocycles. The lowest BCUT2D eigenvalue weighted by Crippen LogP contribution is -2.42. The highest BCUT2D eigenvalue weighted by Gasteiger charge is 2.19. The number of nitrogens with one attached hydrogen (secondary N) is 1. The molecule has 0 aromatic heterocycles. The average molecular weight is 227 g/mol. The van der Waals surface area contributed by atoms with Crippen molar-refractivity contribution >= 4 is 5.91 Å². The number of amides is 1. The molecular weight excluding hydrogens is 212 g/mol. The van der Waals surface area contributed by atoms with Crippen molar-refractivity contribution in [1.29, 1.82) is 0 Å². The van der Waals surface area contributed by atoms with E-state index >= 15 is 0 Å². The molecule has 0 bridgehead atoms. The molecule has 0 unspecified atom stereocenters. The van der Waals surface area contributed by atoms with Crippen LogP contribution in [0.1, 0.15) is 37.6 Å². The lowest BCUT2D eigenvalue weighted by atomic mass is 10.0. The topological polar surface area (TPSA) is 29.1 Å². The van der Waals surface area contributed by atoms with E-state index in [0.717, 1.165) is 18.6 Å². The monoisotopic (exact) mass is 227 g/mol. The summed E-state index contributed by atoms with van der Waals surface area (Å²) in [6.45, 7) is 5.67. The zero-order valence-corrected chi connectivity index (χ0v) is 9.60. The molecule has 0 heterocycles. The number of halogens is 2. The first kappa shape index (κ1) is 12.6. The lowest BCUT2D eigenvalue weighted by molar-refractivity contribution is 0.0910. The van der Waals surface area contributed by atoms with Gasteiger partial charge in [-0.3, -0.25) is 4.79 Å². The van der Waals surface area contributed by atoms with Gasteiger partial charge in [-0.1, -0.05) is 6.92 Å². The van der Waals surface area contributed by atoms with Gasteiger partial charge in [0.05, 0.1) is 0 Å². The minimum Gasteiger partial charge on any atom is -0.347 e. The predicted octanol–water partition coefficient (Wildman–Crippen LogP) is 2.88. The number of carbonyl (C=O) groups is 1. The van der Waals surface area contributed by atoms with Gasteiger partial charge in [-0.15, -0.1) is 0 Å². The summed E-state index contributed by atoms with van der Waals surface area (Å²) in [5.74, 6) is -2.36. The highest BCUT2D eigenvalue weighted by molar-refractivity contribution is 5.94. The van der Waals surface area contributed by atoms with E-state index < -0.39 is 17.5 Å². The molecule has 88 valence electrons. The second kappa shape index (κ2) is 4.60. The van der Waals surface area contributed by atoms with Gasteiger partial charge >= 0.3 is 0 Å². The molecule has 0 spiro atoms. The van der Waals surface area contributed by atoms with Crippen molar-refractivity contribution in [2.45, 2.75) is 32.7 Å². The zero-order chi connectivity index (χ0) is 12.3. The summed E-state index contributed by atoms with van der Waals surface area (Å²) in [4.78, 5) is 11.7. The van der Waals surface area contributed by atoms with Crippen LogP contribution in [0.4, 0.5) is 8.78 Å². The average Bonchev–Trinajstić information content (AvgIpc) is 2.21. The molecule has 0 fully saturated rings. The SMILES string of the molecule is CCC(C)(C)NC(=O)c1ccc(F)c(F)c1. The van der Waals surface area contributed by atoms with Crippen LogP contribution in [0.2, 0.25) is 0 Å². The number of hydrogen-bond acceptors (Lipinski definition) is 1. The van der Waals surface area contributed by atoms with Gasteiger partial charge in [0.1, 0.15) is 0 Å². The number of benzene rings is 1. The van der Waals surface area contributed by atoms with Gasteiger partial charge in [0.25, 0.3) is 5.91 Å². The molecule has 2 nitrogen and oxygen atoms in total. The van der Waals surface area contributed by atoms with E-state index in [9.17, 15) is 13.6 Å². The summed E-state index contributed by atoms with van der Waals surface area (Å²) in [5, 5.41) is 2.74. The summed E-state index contributed by atoms with van der Waals surface area (Å²) in [7, 11) is 0. The maximum Gasteiger partial charge on any atom is 0.251 e. The Morgan fingerprint density at radius 1 is 1.31 bits per heavy atom. The Hall–Kier alpha value is -1.45. The quantitative estimate of drug-likeness (QED) is 0.845. The molecule has 16 heavy (non-hydrogen) atoms. The van der Waals surface area contributed by atoms with Crippen LogP contribution in [0, 0.1) is 11.6 Å². The molecule has 1 rings (SSSR count). The van der Waals surface area contributed by atoms with Crippen LogP contribution in [-0.2, 0) is 0 Å². The molecule has 0 atom stereocenters.